The number of thiophene rings is 1. The van der Waals surface area contributed by atoms with Crippen molar-refractivity contribution < 1.29 is 9.26 Å². The van der Waals surface area contributed by atoms with Crippen LogP contribution in [0.1, 0.15) is 29.4 Å². The second-order valence-electron chi connectivity index (χ2n) is 4.72. The van der Waals surface area contributed by atoms with E-state index in [4.69, 9.17) is 9.26 Å². The second kappa shape index (κ2) is 5.40. The average Bonchev–Trinajstić information content (AvgIpc) is 3.12. The quantitative estimate of drug-likeness (QED) is 0.927. The van der Waals surface area contributed by atoms with Gasteiger partial charge in [0.1, 0.15) is 5.60 Å². The van der Waals surface area contributed by atoms with Gasteiger partial charge in [-0.3, -0.25) is 0 Å². The van der Waals surface area contributed by atoms with E-state index in [9.17, 15) is 0 Å². The Morgan fingerprint density at radius 1 is 1.47 bits per heavy atom. The van der Waals surface area contributed by atoms with Gasteiger partial charge in [-0.2, -0.15) is 4.98 Å². The Morgan fingerprint density at radius 2 is 2.32 bits per heavy atom. The molecule has 0 saturated carbocycles. The first kappa shape index (κ1) is 12.8. The minimum Gasteiger partial charge on any atom is -0.368 e. The van der Waals surface area contributed by atoms with Gasteiger partial charge in [-0.25, -0.2) is 0 Å². The Morgan fingerprint density at radius 3 is 3.00 bits per heavy atom. The van der Waals surface area contributed by atoms with Crippen molar-refractivity contribution in [1.29, 1.82) is 0 Å². The standard InChI is InChI=1S/C13H17N3O2S/c1-17-13(4-6-14-7-5-13)12-15-11(16-18-12)9-10-3-2-8-19-10/h2-3,8,14H,4-7,9H2,1H3. The molecule has 0 aromatic carbocycles. The number of hydrogen-bond donors (Lipinski definition) is 1. The van der Waals surface area contributed by atoms with E-state index in [-0.39, 0.29) is 0 Å². The molecule has 6 heteroatoms. The van der Waals surface area contributed by atoms with Gasteiger partial charge in [0.05, 0.1) is 0 Å². The average molecular weight is 279 g/mol. The summed E-state index contributed by atoms with van der Waals surface area (Å²) in [6.07, 6.45) is 2.45. The number of nitrogens with zero attached hydrogens (tertiary/aromatic N) is 2. The van der Waals surface area contributed by atoms with Crippen LogP contribution in [0.3, 0.4) is 0 Å². The molecule has 1 N–H and O–H groups in total. The van der Waals surface area contributed by atoms with Crippen molar-refractivity contribution >= 4 is 11.3 Å². The van der Waals surface area contributed by atoms with Crippen molar-refractivity contribution in [2.75, 3.05) is 20.2 Å². The van der Waals surface area contributed by atoms with E-state index in [1.165, 1.54) is 4.88 Å². The summed E-state index contributed by atoms with van der Waals surface area (Å²) in [4.78, 5) is 5.77. The van der Waals surface area contributed by atoms with Crippen LogP contribution in [-0.4, -0.2) is 30.3 Å². The fraction of sp³-hybridized carbons (Fsp3) is 0.538. The highest BCUT2D eigenvalue weighted by Crippen LogP contribution is 2.33. The highest BCUT2D eigenvalue weighted by molar-refractivity contribution is 7.09. The summed E-state index contributed by atoms with van der Waals surface area (Å²) in [6.45, 7) is 1.83. The molecule has 0 bridgehead atoms. The van der Waals surface area contributed by atoms with E-state index in [1.54, 1.807) is 18.4 Å². The fourth-order valence-electron chi connectivity index (χ4n) is 2.42. The first-order chi connectivity index (χ1) is 9.32. The maximum absolute atomic E-state index is 5.68. The molecule has 2 aromatic rings. The molecule has 0 amide bonds. The minimum absolute atomic E-state index is 0.411. The van der Waals surface area contributed by atoms with Crippen LogP contribution >= 0.6 is 11.3 Å². The molecule has 5 nitrogen and oxygen atoms in total. The largest absolute Gasteiger partial charge is 0.368 e. The first-order valence-corrected chi connectivity index (χ1v) is 7.32. The van der Waals surface area contributed by atoms with Crippen LogP contribution in [0.2, 0.25) is 0 Å². The highest BCUT2D eigenvalue weighted by atomic mass is 32.1. The summed E-state index contributed by atoms with van der Waals surface area (Å²) in [6, 6.07) is 4.11. The van der Waals surface area contributed by atoms with Crippen LogP contribution in [0.25, 0.3) is 0 Å². The summed E-state index contributed by atoms with van der Waals surface area (Å²) in [5, 5.41) is 9.45. The third-order valence-corrected chi connectivity index (χ3v) is 4.45. The molecule has 1 saturated heterocycles. The second-order valence-corrected chi connectivity index (χ2v) is 5.75. The zero-order valence-corrected chi connectivity index (χ0v) is 11.7. The van der Waals surface area contributed by atoms with Crippen molar-refractivity contribution in [3.8, 4) is 0 Å². The summed E-state index contributed by atoms with van der Waals surface area (Å²) in [5.41, 5.74) is -0.411. The van der Waals surface area contributed by atoms with Crippen LogP contribution in [0.5, 0.6) is 0 Å². The molecule has 0 aliphatic carbocycles. The number of piperidine rings is 1. The molecule has 0 spiro atoms. The lowest BCUT2D eigenvalue weighted by atomic mass is 9.92. The molecule has 3 rings (SSSR count). The van der Waals surface area contributed by atoms with Crippen molar-refractivity contribution in [3.63, 3.8) is 0 Å². The van der Waals surface area contributed by atoms with E-state index in [2.05, 4.69) is 26.9 Å². The molecule has 1 aliphatic heterocycles. The Kier molecular flexibility index (Phi) is 3.63. The molecule has 1 aliphatic rings. The lowest BCUT2D eigenvalue weighted by Gasteiger charge is -2.32. The van der Waals surface area contributed by atoms with Gasteiger partial charge in [-0.05, 0) is 37.4 Å². The van der Waals surface area contributed by atoms with Crippen molar-refractivity contribution in [2.24, 2.45) is 0 Å². The lowest BCUT2D eigenvalue weighted by molar-refractivity contribution is -0.0622. The van der Waals surface area contributed by atoms with E-state index >= 15 is 0 Å². The molecule has 1 fully saturated rings. The van der Waals surface area contributed by atoms with Crippen LogP contribution in [0, 0.1) is 0 Å². The van der Waals surface area contributed by atoms with E-state index in [1.807, 2.05) is 6.07 Å². The number of hydrogen-bond acceptors (Lipinski definition) is 6. The van der Waals surface area contributed by atoms with Gasteiger partial charge in [-0.15, -0.1) is 11.3 Å². The summed E-state index contributed by atoms with van der Waals surface area (Å²) >= 11 is 1.70. The van der Waals surface area contributed by atoms with Crippen LogP contribution in [-0.2, 0) is 16.8 Å². The van der Waals surface area contributed by atoms with E-state index in [0.717, 1.165) is 38.2 Å². The first-order valence-electron chi connectivity index (χ1n) is 6.44. The monoisotopic (exact) mass is 279 g/mol. The topological polar surface area (TPSA) is 60.2 Å². The normalized spacial score (nSPS) is 18.6. The highest BCUT2D eigenvalue weighted by Gasteiger charge is 2.39. The van der Waals surface area contributed by atoms with Gasteiger partial charge in [0.15, 0.2) is 5.82 Å². The Bertz CT molecular complexity index is 518. The predicted octanol–water partition coefficient (Wildman–Crippen LogP) is 1.95. The number of methoxy groups -OCH3 is 1. The van der Waals surface area contributed by atoms with E-state index in [0.29, 0.717) is 5.89 Å². The van der Waals surface area contributed by atoms with Gasteiger partial charge in [-0.1, -0.05) is 11.2 Å². The van der Waals surface area contributed by atoms with Gasteiger partial charge < -0.3 is 14.6 Å². The Labute approximate surface area is 116 Å². The number of aromatic nitrogens is 2. The van der Waals surface area contributed by atoms with Gasteiger partial charge in [0, 0.05) is 18.4 Å². The van der Waals surface area contributed by atoms with Gasteiger partial charge in [0.25, 0.3) is 5.89 Å². The molecule has 19 heavy (non-hydrogen) atoms. The molecular weight excluding hydrogens is 262 g/mol. The predicted molar refractivity (Wildman–Crippen MR) is 72.2 cm³/mol. The molecule has 2 aromatic heterocycles. The van der Waals surface area contributed by atoms with Crippen molar-refractivity contribution in [2.45, 2.75) is 24.9 Å². The zero-order chi connectivity index (χ0) is 13.1. The van der Waals surface area contributed by atoms with Crippen LogP contribution in [0.4, 0.5) is 0 Å². The SMILES string of the molecule is COC1(c2nc(Cc3cccs3)no2)CCNCC1. The smallest absolute Gasteiger partial charge is 0.258 e. The molecule has 0 unspecified atom stereocenters. The molecule has 0 atom stereocenters. The summed E-state index contributed by atoms with van der Waals surface area (Å²) in [5.74, 6) is 1.34. The molecule has 3 heterocycles. The minimum atomic E-state index is -0.411. The van der Waals surface area contributed by atoms with Gasteiger partial charge >= 0.3 is 0 Å². The lowest BCUT2D eigenvalue weighted by Crippen LogP contribution is -2.41. The number of nitrogens with one attached hydrogen (secondary N) is 1. The fourth-order valence-corrected chi connectivity index (χ4v) is 3.12. The molecular formula is C13H17N3O2S. The zero-order valence-electron chi connectivity index (χ0n) is 10.9. The van der Waals surface area contributed by atoms with Crippen molar-refractivity contribution in [1.82, 2.24) is 15.5 Å². The van der Waals surface area contributed by atoms with Crippen LogP contribution < -0.4 is 5.32 Å². The number of ether oxygens (including phenoxy) is 1. The van der Waals surface area contributed by atoms with Crippen molar-refractivity contribution in [3.05, 3.63) is 34.1 Å². The number of rotatable bonds is 4. The maximum atomic E-state index is 5.68. The van der Waals surface area contributed by atoms with Crippen LogP contribution in [0.15, 0.2) is 22.0 Å². The molecule has 102 valence electrons. The Hall–Kier alpha value is -1.24. The third kappa shape index (κ3) is 2.56. The molecule has 0 radical (unpaired) electrons. The summed E-state index contributed by atoms with van der Waals surface area (Å²) in [7, 11) is 1.72. The maximum Gasteiger partial charge on any atom is 0.258 e. The summed E-state index contributed by atoms with van der Waals surface area (Å²) < 4.78 is 11.1. The Balaban J connectivity index is 1.79. The third-order valence-electron chi connectivity index (χ3n) is 3.57. The van der Waals surface area contributed by atoms with Gasteiger partial charge in [0.2, 0.25) is 0 Å². The van der Waals surface area contributed by atoms with E-state index < -0.39 is 5.60 Å².